The molecule has 0 radical (unpaired) electrons. The molecule has 1 heterocycles. The lowest BCUT2D eigenvalue weighted by molar-refractivity contribution is -0.127. The molecule has 1 unspecified atom stereocenters. The van der Waals surface area contributed by atoms with E-state index in [2.05, 4.69) is 24.5 Å². The molecule has 0 spiro atoms. The predicted molar refractivity (Wildman–Crippen MR) is 91.8 cm³/mol. The molecule has 0 aliphatic carbocycles. The first-order valence-electron chi connectivity index (χ1n) is 7.85. The van der Waals surface area contributed by atoms with Gasteiger partial charge in [-0.3, -0.25) is 9.59 Å². The zero-order chi connectivity index (χ0) is 17.1. The van der Waals surface area contributed by atoms with E-state index >= 15 is 0 Å². The lowest BCUT2D eigenvalue weighted by Crippen LogP contribution is -2.35. The smallest absolute Gasteiger partial charge is 0.240 e. The maximum atomic E-state index is 11.7. The first-order chi connectivity index (χ1) is 10.4. The Labute approximate surface area is 138 Å². The van der Waals surface area contributed by atoms with Crippen LogP contribution in [0.15, 0.2) is 12.3 Å². The number of hydrogen-bond donors (Lipinski definition) is 2. The molecule has 0 bridgehead atoms. The Morgan fingerprint density at radius 2 is 1.91 bits per heavy atom. The quantitative estimate of drug-likeness (QED) is 0.531. The van der Waals surface area contributed by atoms with E-state index in [0.29, 0.717) is 38.8 Å². The minimum Gasteiger partial charge on any atom is -0.354 e. The summed E-state index contributed by atoms with van der Waals surface area (Å²) in [4.78, 5) is 35.6. The third-order valence-electron chi connectivity index (χ3n) is 3.20. The highest BCUT2D eigenvalue weighted by molar-refractivity contribution is 7.81. The standard InChI is InChI=1S/C14H22N2O3S.C2H6/c1-10-9-12(20)14(19)16(10)8-7-15-13(18)6-4-3-5-11(2)17;1-2/h12,20H,1,3-9H2,2H3,(H,15,18);1-2H3. The number of carbonyl (C=O) groups excluding carboxylic acids is 3. The zero-order valence-corrected chi connectivity index (χ0v) is 14.7. The van der Waals surface area contributed by atoms with Gasteiger partial charge in [0.1, 0.15) is 5.78 Å². The van der Waals surface area contributed by atoms with Gasteiger partial charge in [-0.25, -0.2) is 0 Å². The van der Waals surface area contributed by atoms with Crippen LogP contribution in [0.5, 0.6) is 0 Å². The van der Waals surface area contributed by atoms with Crippen LogP contribution >= 0.6 is 12.6 Å². The van der Waals surface area contributed by atoms with Gasteiger partial charge in [-0.05, 0) is 19.8 Å². The monoisotopic (exact) mass is 328 g/mol. The number of unbranched alkanes of at least 4 members (excludes halogenated alkanes) is 1. The van der Waals surface area contributed by atoms with Crippen molar-refractivity contribution >= 4 is 30.2 Å². The second-order valence-electron chi connectivity index (χ2n) is 5.04. The second kappa shape index (κ2) is 11.3. The van der Waals surface area contributed by atoms with Gasteiger partial charge in [-0.15, -0.1) is 0 Å². The lowest BCUT2D eigenvalue weighted by atomic mass is 10.1. The topological polar surface area (TPSA) is 66.5 Å². The number of hydrogen-bond acceptors (Lipinski definition) is 4. The molecule has 1 fully saturated rings. The molecule has 126 valence electrons. The van der Waals surface area contributed by atoms with Gasteiger partial charge in [0, 0.05) is 38.0 Å². The molecule has 1 saturated heterocycles. The van der Waals surface area contributed by atoms with E-state index in [-0.39, 0.29) is 22.8 Å². The number of allylic oxidation sites excluding steroid dienone is 1. The zero-order valence-electron chi connectivity index (χ0n) is 13.9. The molecule has 0 saturated carbocycles. The van der Waals surface area contributed by atoms with Gasteiger partial charge in [0.05, 0.1) is 5.25 Å². The minimum absolute atomic E-state index is 0.0472. The third kappa shape index (κ3) is 7.64. The van der Waals surface area contributed by atoms with E-state index < -0.39 is 0 Å². The van der Waals surface area contributed by atoms with E-state index in [1.165, 1.54) is 0 Å². The fraction of sp³-hybridized carbons (Fsp3) is 0.688. The Hall–Kier alpha value is -1.30. The van der Waals surface area contributed by atoms with Crippen LogP contribution in [0.3, 0.4) is 0 Å². The number of amides is 2. The number of ketones is 1. The predicted octanol–water partition coefficient (Wildman–Crippen LogP) is 2.32. The van der Waals surface area contributed by atoms with E-state index in [4.69, 9.17) is 0 Å². The average molecular weight is 328 g/mol. The summed E-state index contributed by atoms with van der Waals surface area (Å²) in [6.45, 7) is 10.2. The Bertz CT molecular complexity index is 410. The van der Waals surface area contributed by atoms with Crippen molar-refractivity contribution in [3.05, 3.63) is 12.3 Å². The molecule has 1 atom stereocenters. The molecule has 1 aliphatic heterocycles. The van der Waals surface area contributed by atoms with Gasteiger partial charge in [0.15, 0.2) is 0 Å². The number of carbonyl (C=O) groups is 3. The van der Waals surface area contributed by atoms with Crippen molar-refractivity contribution in [3.63, 3.8) is 0 Å². The van der Waals surface area contributed by atoms with Crippen LogP contribution in [0.25, 0.3) is 0 Å². The van der Waals surface area contributed by atoms with Crippen molar-refractivity contribution in [1.82, 2.24) is 10.2 Å². The molecular formula is C16H28N2O3S. The van der Waals surface area contributed by atoms with Crippen molar-refractivity contribution in [2.24, 2.45) is 0 Å². The Balaban J connectivity index is 0.00000211. The SMILES string of the molecule is C=C1CC(S)C(=O)N1CCNC(=O)CCCCC(C)=O.CC. The Morgan fingerprint density at radius 1 is 1.32 bits per heavy atom. The normalized spacial score (nSPS) is 17.1. The van der Waals surface area contributed by atoms with E-state index in [1.807, 2.05) is 13.8 Å². The van der Waals surface area contributed by atoms with E-state index in [9.17, 15) is 14.4 Å². The number of Topliss-reactive ketones (excluding diaryl/α,β-unsaturated/α-hetero) is 1. The first kappa shape index (κ1) is 20.7. The number of nitrogens with one attached hydrogen (secondary N) is 1. The van der Waals surface area contributed by atoms with Gasteiger partial charge >= 0.3 is 0 Å². The molecule has 1 rings (SSSR count). The summed E-state index contributed by atoms with van der Waals surface area (Å²) in [6, 6.07) is 0. The summed E-state index contributed by atoms with van der Waals surface area (Å²) in [5.74, 6) is 0.0556. The number of thiol groups is 1. The highest BCUT2D eigenvalue weighted by atomic mass is 32.1. The highest BCUT2D eigenvalue weighted by Crippen LogP contribution is 2.24. The van der Waals surface area contributed by atoms with Crippen molar-refractivity contribution in [3.8, 4) is 0 Å². The molecule has 0 aromatic heterocycles. The number of likely N-dealkylation sites (tertiary alicyclic amines) is 1. The van der Waals surface area contributed by atoms with Gasteiger partial charge in [-0.2, -0.15) is 12.6 Å². The van der Waals surface area contributed by atoms with Gasteiger partial charge in [-0.1, -0.05) is 20.4 Å². The molecule has 1 aliphatic rings. The molecule has 6 heteroatoms. The van der Waals surface area contributed by atoms with Crippen LogP contribution < -0.4 is 5.32 Å². The van der Waals surface area contributed by atoms with Gasteiger partial charge in [0.25, 0.3) is 0 Å². The largest absolute Gasteiger partial charge is 0.354 e. The molecule has 5 nitrogen and oxygen atoms in total. The van der Waals surface area contributed by atoms with Crippen molar-refractivity contribution in [2.75, 3.05) is 13.1 Å². The van der Waals surface area contributed by atoms with Crippen molar-refractivity contribution in [1.29, 1.82) is 0 Å². The number of nitrogens with zero attached hydrogens (tertiary/aromatic N) is 1. The average Bonchev–Trinajstić information content (AvgIpc) is 2.72. The molecular weight excluding hydrogens is 300 g/mol. The van der Waals surface area contributed by atoms with Crippen LogP contribution in [-0.2, 0) is 14.4 Å². The third-order valence-corrected chi connectivity index (χ3v) is 3.61. The van der Waals surface area contributed by atoms with E-state index in [1.54, 1.807) is 11.8 Å². The summed E-state index contributed by atoms with van der Waals surface area (Å²) in [7, 11) is 0. The summed E-state index contributed by atoms with van der Waals surface area (Å²) in [6.07, 6.45) is 2.96. The first-order valence-corrected chi connectivity index (χ1v) is 8.37. The summed E-state index contributed by atoms with van der Waals surface area (Å²) in [5, 5.41) is 2.47. The summed E-state index contributed by atoms with van der Waals surface area (Å²) in [5.41, 5.74) is 0.755. The molecule has 0 aromatic rings. The van der Waals surface area contributed by atoms with E-state index in [0.717, 1.165) is 12.1 Å². The Morgan fingerprint density at radius 3 is 2.41 bits per heavy atom. The Kier molecular flexibility index (Phi) is 10.6. The molecule has 2 amide bonds. The minimum atomic E-state index is -0.301. The highest BCUT2D eigenvalue weighted by Gasteiger charge is 2.31. The summed E-state index contributed by atoms with van der Waals surface area (Å²) >= 11 is 4.18. The van der Waals surface area contributed by atoms with Crippen LogP contribution in [-0.4, -0.2) is 40.8 Å². The fourth-order valence-corrected chi connectivity index (χ4v) is 2.43. The second-order valence-corrected chi connectivity index (χ2v) is 5.66. The maximum absolute atomic E-state index is 11.7. The van der Waals surface area contributed by atoms with Crippen molar-refractivity contribution in [2.45, 2.75) is 58.1 Å². The molecule has 1 N–H and O–H groups in total. The number of rotatable bonds is 8. The molecule has 0 aromatic carbocycles. The maximum Gasteiger partial charge on any atom is 0.240 e. The van der Waals surface area contributed by atoms with Crippen LogP contribution in [0.4, 0.5) is 0 Å². The van der Waals surface area contributed by atoms with Crippen molar-refractivity contribution < 1.29 is 14.4 Å². The van der Waals surface area contributed by atoms with Gasteiger partial charge < -0.3 is 15.0 Å². The van der Waals surface area contributed by atoms with Crippen LogP contribution in [0, 0.1) is 0 Å². The van der Waals surface area contributed by atoms with Gasteiger partial charge in [0.2, 0.25) is 11.8 Å². The molecule has 22 heavy (non-hydrogen) atoms. The fourth-order valence-electron chi connectivity index (χ4n) is 2.08. The lowest BCUT2D eigenvalue weighted by Gasteiger charge is -2.17. The van der Waals surface area contributed by atoms with Crippen LogP contribution in [0.2, 0.25) is 0 Å². The summed E-state index contributed by atoms with van der Waals surface area (Å²) < 4.78 is 0. The van der Waals surface area contributed by atoms with Crippen LogP contribution in [0.1, 0.15) is 52.9 Å².